The van der Waals surface area contributed by atoms with Gasteiger partial charge in [-0.15, -0.1) is 0 Å². The van der Waals surface area contributed by atoms with Crippen molar-refractivity contribution in [2.24, 2.45) is 11.7 Å². The predicted octanol–water partition coefficient (Wildman–Crippen LogP) is -0.503. The summed E-state index contributed by atoms with van der Waals surface area (Å²) in [6, 6.07) is 12.0. The van der Waals surface area contributed by atoms with Crippen molar-refractivity contribution >= 4 is 65.2 Å². The number of phenols is 1. The van der Waals surface area contributed by atoms with E-state index in [4.69, 9.17) is 10.8 Å². The third kappa shape index (κ3) is 21.5. The average Bonchev–Trinajstić information content (AvgIpc) is 3.36. The molecular formula is C50H64N8O16. The zero-order valence-electron chi connectivity index (χ0n) is 40.8. The summed E-state index contributed by atoms with van der Waals surface area (Å²) in [6.07, 6.45) is -3.20. The predicted molar refractivity (Wildman–Crippen MR) is 262 cm³/mol. The number of aromatic hydroxyl groups is 1. The van der Waals surface area contributed by atoms with E-state index >= 15 is 0 Å². The Bertz CT molecular complexity index is 2430. The fourth-order valence-electron chi connectivity index (χ4n) is 7.25. The first-order valence-electron chi connectivity index (χ1n) is 23.6. The van der Waals surface area contributed by atoms with E-state index in [0.717, 1.165) is 0 Å². The van der Waals surface area contributed by atoms with Crippen molar-refractivity contribution in [3.8, 4) is 5.75 Å². The molecule has 0 heterocycles. The Labute approximate surface area is 425 Å². The van der Waals surface area contributed by atoms with Crippen molar-refractivity contribution in [2.75, 3.05) is 6.54 Å². The highest BCUT2D eigenvalue weighted by Gasteiger charge is 2.35. The molecule has 0 aromatic heterocycles. The summed E-state index contributed by atoms with van der Waals surface area (Å²) < 4.78 is 0. The van der Waals surface area contributed by atoms with Crippen molar-refractivity contribution in [1.82, 2.24) is 37.2 Å². The lowest BCUT2D eigenvalue weighted by atomic mass is 9.96. The first kappa shape index (κ1) is 59.9. The number of hydrogen-bond donors (Lipinski definition) is 13. The summed E-state index contributed by atoms with van der Waals surface area (Å²) in [4.78, 5) is 142. The number of nitrogens with one attached hydrogen (secondary N) is 7. The molecule has 7 amide bonds. The third-order valence-electron chi connectivity index (χ3n) is 11.6. The zero-order chi connectivity index (χ0) is 54.9. The number of carbonyl (C=O) groups excluding carboxylic acids is 7. The molecule has 0 fully saturated rings. The van der Waals surface area contributed by atoms with Crippen molar-refractivity contribution < 1.29 is 78.3 Å². The van der Waals surface area contributed by atoms with E-state index in [9.17, 15) is 73.2 Å². The molecule has 3 aromatic rings. The van der Waals surface area contributed by atoms with E-state index in [1.165, 1.54) is 24.3 Å². The number of nitrogens with two attached hydrogens (primary N) is 1. The van der Waals surface area contributed by atoms with Gasteiger partial charge >= 0.3 is 23.9 Å². The summed E-state index contributed by atoms with van der Waals surface area (Å²) in [7, 11) is 0. The normalized spacial score (nSPS) is 14.1. The van der Waals surface area contributed by atoms with Crippen molar-refractivity contribution in [3.63, 3.8) is 0 Å². The van der Waals surface area contributed by atoms with Crippen LogP contribution >= 0.6 is 0 Å². The van der Waals surface area contributed by atoms with E-state index in [2.05, 4.69) is 37.2 Å². The third-order valence-corrected chi connectivity index (χ3v) is 11.6. The van der Waals surface area contributed by atoms with Gasteiger partial charge in [-0.1, -0.05) is 93.1 Å². The van der Waals surface area contributed by atoms with Crippen LogP contribution in [0.25, 0.3) is 0 Å². The van der Waals surface area contributed by atoms with E-state index in [0.29, 0.717) is 16.7 Å². The number of benzene rings is 3. The summed E-state index contributed by atoms with van der Waals surface area (Å²) in [5.41, 5.74) is 7.37. The first-order chi connectivity index (χ1) is 35.1. The standard InChI is InChI=1S/C50H64N8O16/c1-3-28(2)43(58-47(70)35(20-23-42(65)66)54-44(67)33(51)18-21-40(61)62)49(72)56-36(25-31-14-16-32(59)17-15-31)45(68)52-27-39(60)53-34(19-22-41(63)64)46(69)55-37(24-29-10-6-4-7-11-29)48(71)57-38(50(73)74)26-30-12-8-5-9-13-30/h4-17,28,33-38,43,59H,3,18-27,51H2,1-2H3,(H,52,68)(H,53,60)(H,54,67)(H,55,69)(H,56,72)(H,57,71)(H,58,70)(H,61,62)(H,63,64)(H,65,66)(H,73,74)/t28-,33-,34-,35-,36-,37-,38-,43-/m0/s1. The number of carbonyl (C=O) groups is 11. The highest BCUT2D eigenvalue weighted by molar-refractivity contribution is 5.97. The maximum absolute atomic E-state index is 14.1. The monoisotopic (exact) mass is 1030 g/mol. The van der Waals surface area contributed by atoms with Crippen LogP contribution in [0, 0.1) is 5.92 Å². The molecule has 3 rings (SSSR count). The van der Waals surface area contributed by atoms with Gasteiger partial charge in [0.1, 0.15) is 42.0 Å². The van der Waals surface area contributed by atoms with Crippen LogP contribution in [-0.4, -0.2) is 140 Å². The molecule has 0 spiro atoms. The molecule has 400 valence electrons. The largest absolute Gasteiger partial charge is 0.508 e. The molecule has 0 bridgehead atoms. The van der Waals surface area contributed by atoms with Crippen LogP contribution < -0.4 is 43.0 Å². The SMILES string of the molecule is CC[C@H](C)[C@H](NC(=O)[C@H](CCC(=O)O)NC(=O)[C@@H](N)CCC(=O)O)C(=O)N[C@@H](Cc1ccc(O)cc1)C(=O)NCC(=O)N[C@@H](CCC(=O)O)C(=O)N[C@@H](Cc1ccccc1)C(=O)N[C@@H](Cc1ccccc1)C(=O)O. The number of carboxylic acids is 4. The highest BCUT2D eigenvalue weighted by Crippen LogP contribution is 2.15. The average molecular weight is 1030 g/mol. The van der Waals surface area contributed by atoms with Gasteiger partial charge in [0.25, 0.3) is 0 Å². The number of aliphatic carboxylic acids is 4. The Morgan fingerprint density at radius 2 is 0.878 bits per heavy atom. The Morgan fingerprint density at radius 1 is 0.473 bits per heavy atom. The smallest absolute Gasteiger partial charge is 0.326 e. The Kier molecular flexibility index (Phi) is 24.7. The van der Waals surface area contributed by atoms with Gasteiger partial charge in [-0.05, 0) is 54.0 Å². The fraction of sp³-hybridized carbons (Fsp3) is 0.420. The number of amides is 7. The maximum Gasteiger partial charge on any atom is 0.326 e. The van der Waals surface area contributed by atoms with Gasteiger partial charge < -0.3 is 68.5 Å². The van der Waals surface area contributed by atoms with Gasteiger partial charge in [-0.25, -0.2) is 4.79 Å². The molecule has 0 aliphatic carbocycles. The minimum absolute atomic E-state index is 0.0984. The molecule has 8 atom stereocenters. The summed E-state index contributed by atoms with van der Waals surface area (Å²) in [5.74, 6) is -12.8. The molecule has 3 aromatic carbocycles. The number of rotatable bonds is 32. The van der Waals surface area contributed by atoms with Gasteiger partial charge in [0.2, 0.25) is 41.4 Å². The van der Waals surface area contributed by atoms with E-state index in [-0.39, 0.29) is 37.9 Å². The second-order valence-corrected chi connectivity index (χ2v) is 17.4. The van der Waals surface area contributed by atoms with Gasteiger partial charge in [0, 0.05) is 38.5 Å². The number of hydrogen-bond acceptors (Lipinski definition) is 13. The van der Waals surface area contributed by atoms with Crippen molar-refractivity contribution in [3.05, 3.63) is 102 Å². The van der Waals surface area contributed by atoms with Gasteiger partial charge in [0.15, 0.2) is 0 Å². The molecule has 0 saturated heterocycles. The lowest BCUT2D eigenvalue weighted by molar-refractivity contribution is -0.142. The number of phenolic OH excluding ortho intramolecular Hbond substituents is 1. The van der Waals surface area contributed by atoms with Crippen LogP contribution in [0.4, 0.5) is 0 Å². The minimum atomic E-state index is -1.61. The van der Waals surface area contributed by atoms with Crippen LogP contribution in [0.1, 0.15) is 75.5 Å². The van der Waals surface area contributed by atoms with Crippen LogP contribution in [0.2, 0.25) is 0 Å². The van der Waals surface area contributed by atoms with Gasteiger partial charge in [-0.3, -0.25) is 47.9 Å². The molecule has 24 nitrogen and oxygen atoms in total. The van der Waals surface area contributed by atoms with E-state index < -0.39 is 152 Å². The minimum Gasteiger partial charge on any atom is -0.508 e. The summed E-state index contributed by atoms with van der Waals surface area (Å²) in [6.45, 7) is 2.42. The molecule has 0 aliphatic rings. The lowest BCUT2D eigenvalue weighted by Gasteiger charge is -2.28. The Hall–Kier alpha value is -8.41. The molecule has 24 heteroatoms. The quantitative estimate of drug-likeness (QED) is 0.0375. The van der Waals surface area contributed by atoms with Crippen LogP contribution in [0.3, 0.4) is 0 Å². The zero-order valence-corrected chi connectivity index (χ0v) is 40.8. The topological polar surface area (TPSA) is 399 Å². The van der Waals surface area contributed by atoms with Crippen LogP contribution in [0.15, 0.2) is 84.9 Å². The first-order valence-corrected chi connectivity index (χ1v) is 23.6. The molecule has 74 heavy (non-hydrogen) atoms. The second kappa shape index (κ2) is 30.5. The lowest BCUT2D eigenvalue weighted by Crippen LogP contribution is -2.60. The molecule has 0 saturated carbocycles. The summed E-state index contributed by atoms with van der Waals surface area (Å²) in [5, 5.41) is 64.8. The van der Waals surface area contributed by atoms with E-state index in [1.54, 1.807) is 74.5 Å². The van der Waals surface area contributed by atoms with Crippen molar-refractivity contribution in [2.45, 2.75) is 120 Å². The van der Waals surface area contributed by atoms with Crippen LogP contribution in [-0.2, 0) is 72.0 Å². The van der Waals surface area contributed by atoms with E-state index in [1.807, 2.05) is 0 Å². The van der Waals surface area contributed by atoms with Crippen LogP contribution in [0.5, 0.6) is 5.75 Å². The maximum atomic E-state index is 14.1. The summed E-state index contributed by atoms with van der Waals surface area (Å²) >= 11 is 0. The number of carboxylic acid groups (broad SMARTS) is 4. The Morgan fingerprint density at radius 3 is 1.38 bits per heavy atom. The molecule has 0 radical (unpaired) electrons. The molecular weight excluding hydrogens is 969 g/mol. The van der Waals surface area contributed by atoms with Gasteiger partial charge in [0.05, 0.1) is 12.6 Å². The fourth-order valence-corrected chi connectivity index (χ4v) is 7.25. The Balaban J connectivity index is 1.84. The molecule has 0 aliphatic heterocycles. The van der Waals surface area contributed by atoms with Crippen molar-refractivity contribution in [1.29, 1.82) is 0 Å². The second-order valence-electron chi connectivity index (χ2n) is 17.4. The highest BCUT2D eigenvalue weighted by atomic mass is 16.4. The van der Waals surface area contributed by atoms with Gasteiger partial charge in [-0.2, -0.15) is 0 Å². The molecule has 14 N–H and O–H groups in total. The molecule has 0 unspecified atom stereocenters.